The van der Waals surface area contributed by atoms with Crippen LogP contribution in [0.4, 0.5) is 0 Å². The highest BCUT2D eigenvalue weighted by molar-refractivity contribution is 5.25. The fraction of sp³-hybridized carbons (Fsp3) is 0.889. The summed E-state index contributed by atoms with van der Waals surface area (Å²) in [6.07, 6.45) is 11.7. The number of allylic oxidation sites excluding steroid dienone is 1. The van der Waals surface area contributed by atoms with Crippen LogP contribution in [0.2, 0.25) is 0 Å². The van der Waals surface area contributed by atoms with Crippen LogP contribution in [0.15, 0.2) is 11.6 Å². The third kappa shape index (κ3) is 1.58. The fourth-order valence-electron chi connectivity index (χ4n) is 6.33. The maximum Gasteiger partial charge on any atom is 0.0724 e. The lowest BCUT2D eigenvalue weighted by atomic mass is 9.41. The summed E-state index contributed by atoms with van der Waals surface area (Å²) in [6.45, 7) is 2.88. The summed E-state index contributed by atoms with van der Waals surface area (Å²) >= 11 is 0. The molecule has 0 bridgehead atoms. The van der Waals surface area contributed by atoms with E-state index in [1.54, 1.807) is 5.57 Å². The van der Waals surface area contributed by atoms with Crippen LogP contribution in [-0.4, -0.2) is 22.9 Å². The van der Waals surface area contributed by atoms with E-state index < -0.39 is 0 Å². The number of hydrogen-bond acceptors (Lipinski definition) is 2. The fourth-order valence-corrected chi connectivity index (χ4v) is 6.33. The van der Waals surface area contributed by atoms with Gasteiger partial charge in [0.25, 0.3) is 0 Å². The average molecular weight is 276 g/mol. The first-order valence-electron chi connectivity index (χ1n) is 8.59. The van der Waals surface area contributed by atoms with Crippen molar-refractivity contribution in [1.82, 2.24) is 0 Å². The minimum atomic E-state index is -0.196. The van der Waals surface area contributed by atoms with Crippen molar-refractivity contribution in [2.24, 2.45) is 28.6 Å². The minimum absolute atomic E-state index is 0.196. The van der Waals surface area contributed by atoms with Crippen LogP contribution in [0.3, 0.4) is 0 Å². The van der Waals surface area contributed by atoms with E-state index >= 15 is 0 Å². The van der Waals surface area contributed by atoms with E-state index in [2.05, 4.69) is 13.0 Å². The third-order valence-corrected chi connectivity index (χ3v) is 7.69. The Kier molecular flexibility index (Phi) is 2.89. The molecular formula is C18H28O2. The van der Waals surface area contributed by atoms with Gasteiger partial charge >= 0.3 is 0 Å². The molecule has 2 N–H and O–H groups in total. The summed E-state index contributed by atoms with van der Waals surface area (Å²) in [4.78, 5) is 0. The lowest BCUT2D eigenvalue weighted by Crippen LogP contribution is -2.57. The molecule has 4 aliphatic rings. The number of aliphatic hydroxyl groups excluding tert-OH is 2. The van der Waals surface area contributed by atoms with E-state index in [-0.39, 0.29) is 6.10 Å². The molecule has 0 aliphatic heterocycles. The standard InChI is InChI=1S/C18H28O2/c1-17-7-4-13(20)10-12(17)2-3-14-15(17)5-8-18(11-19)9-6-16(14)18/h10,13-16,19-20H,2-9,11H2,1H3. The molecule has 3 fully saturated rings. The van der Waals surface area contributed by atoms with Crippen LogP contribution in [0.25, 0.3) is 0 Å². The van der Waals surface area contributed by atoms with Gasteiger partial charge < -0.3 is 10.2 Å². The molecule has 0 aromatic rings. The SMILES string of the molecule is CC12CCC(O)C=C1CCC1C3CCC3(CO)CCC12. The maximum absolute atomic E-state index is 9.93. The van der Waals surface area contributed by atoms with Gasteiger partial charge in [0.1, 0.15) is 0 Å². The minimum Gasteiger partial charge on any atom is -0.396 e. The van der Waals surface area contributed by atoms with Gasteiger partial charge in [0.2, 0.25) is 0 Å². The summed E-state index contributed by atoms with van der Waals surface area (Å²) in [7, 11) is 0. The molecule has 0 heterocycles. The predicted octanol–water partition coefficient (Wildman–Crippen LogP) is 3.28. The lowest BCUT2D eigenvalue weighted by molar-refractivity contribution is -0.142. The van der Waals surface area contributed by atoms with E-state index in [9.17, 15) is 10.2 Å². The molecule has 2 nitrogen and oxygen atoms in total. The lowest BCUT2D eigenvalue weighted by Gasteiger charge is -2.63. The quantitative estimate of drug-likeness (QED) is 0.722. The van der Waals surface area contributed by atoms with Crippen molar-refractivity contribution >= 4 is 0 Å². The molecule has 4 aliphatic carbocycles. The van der Waals surface area contributed by atoms with Crippen molar-refractivity contribution in [2.45, 2.75) is 64.4 Å². The van der Waals surface area contributed by atoms with Gasteiger partial charge in [0.15, 0.2) is 0 Å². The molecule has 3 saturated carbocycles. The zero-order valence-corrected chi connectivity index (χ0v) is 12.6. The number of aliphatic hydroxyl groups is 2. The topological polar surface area (TPSA) is 40.5 Å². The Morgan fingerprint density at radius 3 is 2.55 bits per heavy atom. The van der Waals surface area contributed by atoms with Gasteiger partial charge in [0, 0.05) is 6.61 Å². The Balaban J connectivity index is 1.65. The second-order valence-corrected chi connectivity index (χ2v) is 8.23. The molecule has 4 rings (SSSR count). The summed E-state index contributed by atoms with van der Waals surface area (Å²) in [5.41, 5.74) is 2.19. The molecule has 6 unspecified atom stereocenters. The van der Waals surface area contributed by atoms with E-state index in [1.165, 1.54) is 44.9 Å². The first-order chi connectivity index (χ1) is 9.59. The molecule has 20 heavy (non-hydrogen) atoms. The highest BCUT2D eigenvalue weighted by Gasteiger charge is 2.59. The predicted molar refractivity (Wildman–Crippen MR) is 79.1 cm³/mol. The summed E-state index contributed by atoms with van der Waals surface area (Å²) in [6, 6.07) is 0. The number of rotatable bonds is 1. The number of fused-ring (bicyclic) bond motifs is 5. The average Bonchev–Trinajstić information content (AvgIpc) is 2.41. The smallest absolute Gasteiger partial charge is 0.0724 e. The zero-order valence-electron chi connectivity index (χ0n) is 12.6. The van der Waals surface area contributed by atoms with Crippen LogP contribution < -0.4 is 0 Å². The summed E-state index contributed by atoms with van der Waals surface area (Å²) in [5.74, 6) is 2.43. The molecule has 0 saturated heterocycles. The van der Waals surface area contributed by atoms with Gasteiger partial charge in [-0.15, -0.1) is 0 Å². The molecule has 6 atom stereocenters. The summed E-state index contributed by atoms with van der Waals surface area (Å²) < 4.78 is 0. The molecule has 0 spiro atoms. The zero-order chi connectivity index (χ0) is 14.0. The maximum atomic E-state index is 9.93. The van der Waals surface area contributed by atoms with Crippen molar-refractivity contribution in [1.29, 1.82) is 0 Å². The van der Waals surface area contributed by atoms with Gasteiger partial charge in [-0.05, 0) is 80.0 Å². The van der Waals surface area contributed by atoms with Crippen LogP contribution in [-0.2, 0) is 0 Å². The molecule has 0 amide bonds. The van der Waals surface area contributed by atoms with Gasteiger partial charge in [-0.25, -0.2) is 0 Å². The molecule has 2 heteroatoms. The van der Waals surface area contributed by atoms with Gasteiger partial charge in [-0.2, -0.15) is 0 Å². The van der Waals surface area contributed by atoms with Gasteiger partial charge in [0.05, 0.1) is 6.10 Å². The molecule has 0 aromatic heterocycles. The van der Waals surface area contributed by atoms with Crippen LogP contribution in [0, 0.1) is 28.6 Å². The molecular weight excluding hydrogens is 248 g/mol. The van der Waals surface area contributed by atoms with E-state index in [4.69, 9.17) is 0 Å². The Labute approximate surface area is 122 Å². The second kappa shape index (κ2) is 4.33. The van der Waals surface area contributed by atoms with Crippen molar-refractivity contribution in [3.8, 4) is 0 Å². The Hall–Kier alpha value is -0.340. The molecule has 0 radical (unpaired) electrons. The highest BCUT2D eigenvalue weighted by atomic mass is 16.3. The van der Waals surface area contributed by atoms with Crippen LogP contribution >= 0.6 is 0 Å². The normalized spacial score (nSPS) is 54.0. The molecule has 112 valence electrons. The van der Waals surface area contributed by atoms with E-state index in [0.29, 0.717) is 17.4 Å². The first kappa shape index (κ1) is 13.3. The van der Waals surface area contributed by atoms with Crippen molar-refractivity contribution < 1.29 is 10.2 Å². The highest BCUT2D eigenvalue weighted by Crippen LogP contribution is 2.67. The van der Waals surface area contributed by atoms with E-state index in [1.807, 2.05) is 0 Å². The van der Waals surface area contributed by atoms with Crippen molar-refractivity contribution in [2.75, 3.05) is 6.61 Å². The summed E-state index contributed by atoms with van der Waals surface area (Å²) in [5, 5.41) is 19.8. The van der Waals surface area contributed by atoms with Crippen molar-refractivity contribution in [3.63, 3.8) is 0 Å². The van der Waals surface area contributed by atoms with Crippen LogP contribution in [0.1, 0.15) is 58.3 Å². The van der Waals surface area contributed by atoms with Gasteiger partial charge in [-0.3, -0.25) is 0 Å². The third-order valence-electron chi connectivity index (χ3n) is 7.69. The number of hydrogen-bond donors (Lipinski definition) is 2. The Bertz CT molecular complexity index is 439. The van der Waals surface area contributed by atoms with E-state index in [0.717, 1.165) is 24.2 Å². The molecule has 0 aromatic carbocycles. The monoisotopic (exact) mass is 276 g/mol. The van der Waals surface area contributed by atoms with Gasteiger partial charge in [-0.1, -0.05) is 18.6 Å². The second-order valence-electron chi connectivity index (χ2n) is 8.23. The van der Waals surface area contributed by atoms with Crippen LogP contribution in [0.5, 0.6) is 0 Å². The Morgan fingerprint density at radius 2 is 1.85 bits per heavy atom. The van der Waals surface area contributed by atoms with Crippen molar-refractivity contribution in [3.05, 3.63) is 11.6 Å². The first-order valence-corrected chi connectivity index (χ1v) is 8.59. The largest absolute Gasteiger partial charge is 0.396 e. The Morgan fingerprint density at radius 1 is 1.10 bits per heavy atom.